The molecule has 0 aliphatic rings. The maximum Gasteiger partial charge on any atom is 0.251 e. The van der Waals surface area contributed by atoms with Gasteiger partial charge in [0.15, 0.2) is 10.9 Å². The molecular formula is C20H19N3O2S. The molecule has 2 N–H and O–H groups in total. The molecule has 1 aromatic heterocycles. The number of nitrogens with zero attached hydrogens (tertiary/aromatic N) is 1. The molecule has 0 spiro atoms. The molecule has 6 heteroatoms. The fraction of sp³-hybridized carbons (Fsp3) is 0.150. The van der Waals surface area contributed by atoms with E-state index in [9.17, 15) is 9.59 Å². The van der Waals surface area contributed by atoms with Crippen LogP contribution in [-0.2, 0) is 6.54 Å². The van der Waals surface area contributed by atoms with Crippen LogP contribution in [0, 0.1) is 6.92 Å². The van der Waals surface area contributed by atoms with E-state index in [1.165, 1.54) is 11.3 Å². The molecule has 5 nitrogen and oxygen atoms in total. The standard InChI is InChI=1S/C20H19N3O2S/c1-13-4-3-5-16(10-13)19(25)21-11-18-12-26-20(23-18)22-17-8-6-15(7-9-17)14(2)24/h3-10,12H,11H2,1-2H3,(H,21,25)(H,22,23). The highest BCUT2D eigenvalue weighted by Crippen LogP contribution is 2.21. The predicted octanol–water partition coefficient (Wildman–Crippen LogP) is 4.33. The number of benzene rings is 2. The molecule has 0 radical (unpaired) electrons. The minimum absolute atomic E-state index is 0.0393. The SMILES string of the molecule is CC(=O)c1ccc(Nc2nc(CNC(=O)c3cccc(C)c3)cs2)cc1. The molecule has 26 heavy (non-hydrogen) atoms. The van der Waals surface area contributed by atoms with E-state index >= 15 is 0 Å². The molecule has 3 rings (SSSR count). The van der Waals surface area contributed by atoms with E-state index in [0.29, 0.717) is 17.7 Å². The zero-order valence-electron chi connectivity index (χ0n) is 14.6. The van der Waals surface area contributed by atoms with E-state index in [-0.39, 0.29) is 11.7 Å². The molecule has 0 bridgehead atoms. The summed E-state index contributed by atoms with van der Waals surface area (Å²) in [5.41, 5.74) is 4.02. The van der Waals surface area contributed by atoms with Gasteiger partial charge in [-0.05, 0) is 50.2 Å². The second-order valence-electron chi connectivity index (χ2n) is 5.95. The van der Waals surface area contributed by atoms with Gasteiger partial charge >= 0.3 is 0 Å². The number of ketones is 1. The predicted molar refractivity (Wildman–Crippen MR) is 104 cm³/mol. The maximum atomic E-state index is 12.2. The summed E-state index contributed by atoms with van der Waals surface area (Å²) in [4.78, 5) is 27.9. The molecule has 132 valence electrons. The zero-order valence-corrected chi connectivity index (χ0v) is 15.4. The van der Waals surface area contributed by atoms with E-state index in [2.05, 4.69) is 15.6 Å². The fourth-order valence-electron chi connectivity index (χ4n) is 2.42. The average molecular weight is 365 g/mol. The number of hydrogen-bond donors (Lipinski definition) is 2. The smallest absolute Gasteiger partial charge is 0.251 e. The maximum absolute atomic E-state index is 12.2. The number of nitrogens with one attached hydrogen (secondary N) is 2. The van der Waals surface area contributed by atoms with E-state index in [1.54, 1.807) is 25.1 Å². The van der Waals surface area contributed by atoms with Crippen molar-refractivity contribution in [3.8, 4) is 0 Å². The van der Waals surface area contributed by atoms with E-state index < -0.39 is 0 Å². The summed E-state index contributed by atoms with van der Waals surface area (Å²) in [5.74, 6) is -0.0755. The molecule has 1 heterocycles. The number of carbonyl (C=O) groups excluding carboxylic acids is 2. The summed E-state index contributed by atoms with van der Waals surface area (Å²) in [6.07, 6.45) is 0. The fourth-order valence-corrected chi connectivity index (χ4v) is 3.15. The van der Waals surface area contributed by atoms with Gasteiger partial charge in [-0.2, -0.15) is 0 Å². The Bertz CT molecular complexity index is 932. The molecular weight excluding hydrogens is 346 g/mol. The lowest BCUT2D eigenvalue weighted by atomic mass is 10.1. The molecule has 0 atom stereocenters. The van der Waals surface area contributed by atoms with Gasteiger partial charge in [0.1, 0.15) is 0 Å². The Balaban J connectivity index is 1.57. The van der Waals surface area contributed by atoms with Crippen molar-refractivity contribution < 1.29 is 9.59 Å². The third kappa shape index (κ3) is 4.55. The minimum Gasteiger partial charge on any atom is -0.346 e. The summed E-state index contributed by atoms with van der Waals surface area (Å²) in [7, 11) is 0. The average Bonchev–Trinajstić information content (AvgIpc) is 3.07. The monoisotopic (exact) mass is 365 g/mol. The normalized spacial score (nSPS) is 10.4. The second-order valence-corrected chi connectivity index (χ2v) is 6.81. The van der Waals surface area contributed by atoms with Gasteiger partial charge in [0, 0.05) is 22.2 Å². The van der Waals surface area contributed by atoms with Crippen molar-refractivity contribution in [1.82, 2.24) is 10.3 Å². The van der Waals surface area contributed by atoms with Crippen molar-refractivity contribution in [2.24, 2.45) is 0 Å². The van der Waals surface area contributed by atoms with Crippen LogP contribution in [0.2, 0.25) is 0 Å². The van der Waals surface area contributed by atoms with Crippen molar-refractivity contribution in [3.05, 3.63) is 76.3 Å². The summed E-state index contributed by atoms with van der Waals surface area (Å²) >= 11 is 1.46. The number of carbonyl (C=O) groups is 2. The van der Waals surface area contributed by atoms with Crippen molar-refractivity contribution >= 4 is 33.8 Å². The van der Waals surface area contributed by atoms with Crippen LogP contribution in [0.5, 0.6) is 0 Å². The molecule has 0 saturated carbocycles. The first-order valence-electron chi connectivity index (χ1n) is 8.18. The lowest BCUT2D eigenvalue weighted by Crippen LogP contribution is -2.22. The Hall–Kier alpha value is -2.99. The number of aryl methyl sites for hydroxylation is 1. The van der Waals surface area contributed by atoms with Crippen molar-refractivity contribution in [2.45, 2.75) is 20.4 Å². The first-order valence-corrected chi connectivity index (χ1v) is 9.06. The van der Waals surface area contributed by atoms with Gasteiger partial charge in [-0.25, -0.2) is 4.98 Å². The number of Topliss-reactive ketones (excluding diaryl/α,β-unsaturated/α-hetero) is 1. The van der Waals surface area contributed by atoms with Crippen LogP contribution >= 0.6 is 11.3 Å². The van der Waals surface area contributed by atoms with Gasteiger partial charge < -0.3 is 10.6 Å². The molecule has 3 aromatic rings. The topological polar surface area (TPSA) is 71.1 Å². The van der Waals surface area contributed by atoms with Crippen LogP contribution in [0.3, 0.4) is 0 Å². The lowest BCUT2D eigenvalue weighted by molar-refractivity contribution is 0.0949. The Labute approximate surface area is 156 Å². The molecule has 0 aliphatic carbocycles. The first-order chi connectivity index (χ1) is 12.5. The Kier molecular flexibility index (Phi) is 5.43. The molecule has 0 fully saturated rings. The molecule has 0 unspecified atom stereocenters. The van der Waals surface area contributed by atoms with Gasteiger partial charge in [0.05, 0.1) is 12.2 Å². The van der Waals surface area contributed by atoms with Crippen LogP contribution in [0.1, 0.15) is 38.9 Å². The highest BCUT2D eigenvalue weighted by Gasteiger charge is 2.08. The third-order valence-corrected chi connectivity index (χ3v) is 4.61. The van der Waals surface area contributed by atoms with Gasteiger partial charge in [-0.15, -0.1) is 11.3 Å². The number of amides is 1. The number of anilines is 2. The minimum atomic E-state index is -0.115. The molecule has 0 saturated heterocycles. The Morgan fingerprint density at radius 3 is 2.54 bits per heavy atom. The van der Waals surface area contributed by atoms with Crippen molar-refractivity contribution in [1.29, 1.82) is 0 Å². The van der Waals surface area contributed by atoms with Crippen LogP contribution in [0.15, 0.2) is 53.9 Å². The summed E-state index contributed by atoms with van der Waals surface area (Å²) in [5, 5.41) is 8.72. The van der Waals surface area contributed by atoms with Gasteiger partial charge in [-0.3, -0.25) is 9.59 Å². The van der Waals surface area contributed by atoms with E-state index in [4.69, 9.17) is 0 Å². The quantitative estimate of drug-likeness (QED) is 0.638. The highest BCUT2D eigenvalue weighted by atomic mass is 32.1. The van der Waals surface area contributed by atoms with Crippen molar-refractivity contribution in [2.75, 3.05) is 5.32 Å². The van der Waals surface area contributed by atoms with Crippen LogP contribution in [0.4, 0.5) is 10.8 Å². The summed E-state index contributed by atoms with van der Waals surface area (Å²) < 4.78 is 0. The van der Waals surface area contributed by atoms with Crippen LogP contribution in [-0.4, -0.2) is 16.7 Å². The van der Waals surface area contributed by atoms with Crippen molar-refractivity contribution in [3.63, 3.8) is 0 Å². The Morgan fingerprint density at radius 2 is 1.85 bits per heavy atom. The van der Waals surface area contributed by atoms with E-state index in [1.807, 2.05) is 42.6 Å². The van der Waals surface area contributed by atoms with Crippen LogP contribution < -0.4 is 10.6 Å². The van der Waals surface area contributed by atoms with Gasteiger partial charge in [0.25, 0.3) is 5.91 Å². The number of hydrogen-bond acceptors (Lipinski definition) is 5. The van der Waals surface area contributed by atoms with Crippen LogP contribution in [0.25, 0.3) is 0 Å². The van der Waals surface area contributed by atoms with Gasteiger partial charge in [-0.1, -0.05) is 17.7 Å². The second kappa shape index (κ2) is 7.93. The number of aromatic nitrogens is 1. The highest BCUT2D eigenvalue weighted by molar-refractivity contribution is 7.13. The number of thiazole rings is 1. The lowest BCUT2D eigenvalue weighted by Gasteiger charge is -2.04. The van der Waals surface area contributed by atoms with E-state index in [0.717, 1.165) is 22.1 Å². The Morgan fingerprint density at radius 1 is 1.08 bits per heavy atom. The number of rotatable bonds is 6. The van der Waals surface area contributed by atoms with Gasteiger partial charge in [0.2, 0.25) is 0 Å². The summed E-state index contributed by atoms with van der Waals surface area (Å²) in [6.45, 7) is 3.87. The largest absolute Gasteiger partial charge is 0.346 e. The third-order valence-electron chi connectivity index (χ3n) is 3.80. The molecule has 2 aromatic carbocycles. The first kappa shape index (κ1) is 17.8. The zero-order chi connectivity index (χ0) is 18.5. The molecule has 1 amide bonds. The summed E-state index contributed by atoms with van der Waals surface area (Å²) in [6, 6.07) is 14.7. The molecule has 0 aliphatic heterocycles.